The molecule has 0 aliphatic carbocycles. The second-order valence-corrected chi connectivity index (χ2v) is 3.93. The lowest BCUT2D eigenvalue weighted by Crippen LogP contribution is -2.14. The molecule has 60 valence electrons. The highest BCUT2D eigenvalue weighted by molar-refractivity contribution is 7.16. The fourth-order valence-electron chi connectivity index (χ4n) is 0.713. The van der Waals surface area contributed by atoms with E-state index in [2.05, 4.69) is 0 Å². The normalized spacial score (nSPS) is 10.0. The molecule has 1 aromatic rings. The van der Waals surface area contributed by atoms with Crippen LogP contribution in [0.25, 0.3) is 0 Å². The second kappa shape index (κ2) is 3.85. The number of thiophene rings is 1. The molecule has 2 N–H and O–H groups in total. The van der Waals surface area contributed by atoms with E-state index in [0.29, 0.717) is 10.8 Å². The highest BCUT2D eigenvalue weighted by Crippen LogP contribution is 2.21. The van der Waals surface area contributed by atoms with Crippen molar-refractivity contribution in [1.82, 2.24) is 0 Å². The van der Waals surface area contributed by atoms with Crippen molar-refractivity contribution >= 4 is 28.7 Å². The summed E-state index contributed by atoms with van der Waals surface area (Å²) in [6, 6.07) is 3.63. The quantitative estimate of drug-likeness (QED) is 0.783. The van der Waals surface area contributed by atoms with Crippen LogP contribution in [0.1, 0.15) is 4.88 Å². The maximum absolute atomic E-state index is 10.8. The summed E-state index contributed by atoms with van der Waals surface area (Å²) < 4.78 is 0.713. The topological polar surface area (TPSA) is 43.1 Å². The fraction of sp³-hybridized carbons (Fsp3) is 0.286. The molecular formula is C7H8ClNOS. The minimum absolute atomic E-state index is 0.0449. The van der Waals surface area contributed by atoms with Crippen LogP contribution in [0.4, 0.5) is 0 Å². The van der Waals surface area contributed by atoms with Crippen LogP contribution in [0.15, 0.2) is 12.1 Å². The minimum atomic E-state index is 0.0449. The van der Waals surface area contributed by atoms with Gasteiger partial charge in [-0.15, -0.1) is 11.3 Å². The molecule has 0 aliphatic rings. The van der Waals surface area contributed by atoms with Gasteiger partial charge in [-0.05, 0) is 12.1 Å². The van der Waals surface area contributed by atoms with Crippen molar-refractivity contribution in [2.75, 3.05) is 6.54 Å². The van der Waals surface area contributed by atoms with Crippen LogP contribution < -0.4 is 5.73 Å². The first-order chi connectivity index (χ1) is 5.22. The van der Waals surface area contributed by atoms with Crippen molar-refractivity contribution in [3.8, 4) is 0 Å². The van der Waals surface area contributed by atoms with E-state index in [1.807, 2.05) is 6.07 Å². The van der Waals surface area contributed by atoms with Gasteiger partial charge in [-0.2, -0.15) is 0 Å². The van der Waals surface area contributed by atoms with Gasteiger partial charge in [0, 0.05) is 11.3 Å². The van der Waals surface area contributed by atoms with E-state index < -0.39 is 0 Å². The Morgan fingerprint density at radius 2 is 2.36 bits per heavy atom. The Balaban J connectivity index is 2.57. The van der Waals surface area contributed by atoms with Gasteiger partial charge in [-0.3, -0.25) is 4.79 Å². The molecule has 0 fully saturated rings. The van der Waals surface area contributed by atoms with Crippen molar-refractivity contribution < 1.29 is 4.79 Å². The molecule has 0 aromatic carbocycles. The Bertz CT molecular complexity index is 259. The van der Waals surface area contributed by atoms with Crippen molar-refractivity contribution in [1.29, 1.82) is 0 Å². The van der Waals surface area contributed by atoms with E-state index >= 15 is 0 Å². The molecule has 2 nitrogen and oxygen atoms in total. The minimum Gasteiger partial charge on any atom is -0.324 e. The number of ketones is 1. The van der Waals surface area contributed by atoms with Crippen LogP contribution in [0.3, 0.4) is 0 Å². The Kier molecular flexibility index (Phi) is 3.05. The van der Waals surface area contributed by atoms with Crippen LogP contribution in [0.5, 0.6) is 0 Å². The van der Waals surface area contributed by atoms with E-state index in [1.165, 1.54) is 11.3 Å². The van der Waals surface area contributed by atoms with E-state index in [9.17, 15) is 4.79 Å². The summed E-state index contributed by atoms with van der Waals surface area (Å²) in [6.07, 6.45) is 0.411. The predicted molar refractivity (Wildman–Crippen MR) is 47.1 cm³/mol. The highest BCUT2D eigenvalue weighted by Gasteiger charge is 2.02. The van der Waals surface area contributed by atoms with Gasteiger partial charge in [-0.1, -0.05) is 11.6 Å². The number of carbonyl (C=O) groups excluding carboxylic acids is 1. The lowest BCUT2D eigenvalue weighted by molar-refractivity contribution is -0.117. The smallest absolute Gasteiger partial charge is 0.151 e. The number of carbonyl (C=O) groups is 1. The number of halogens is 1. The van der Waals surface area contributed by atoms with Crippen molar-refractivity contribution in [3.05, 3.63) is 21.3 Å². The zero-order valence-electron chi connectivity index (χ0n) is 5.84. The third kappa shape index (κ3) is 2.61. The summed E-state index contributed by atoms with van der Waals surface area (Å²) in [4.78, 5) is 11.8. The van der Waals surface area contributed by atoms with Crippen molar-refractivity contribution in [3.63, 3.8) is 0 Å². The van der Waals surface area contributed by atoms with E-state index in [1.54, 1.807) is 6.07 Å². The van der Waals surface area contributed by atoms with Gasteiger partial charge < -0.3 is 5.73 Å². The van der Waals surface area contributed by atoms with E-state index in [0.717, 1.165) is 4.88 Å². The van der Waals surface area contributed by atoms with Crippen molar-refractivity contribution in [2.24, 2.45) is 5.73 Å². The Morgan fingerprint density at radius 1 is 1.64 bits per heavy atom. The molecule has 0 saturated carbocycles. The summed E-state index contributed by atoms with van der Waals surface area (Å²) in [5, 5.41) is 0. The Labute approximate surface area is 74.0 Å². The summed E-state index contributed by atoms with van der Waals surface area (Å²) in [5.41, 5.74) is 5.15. The molecule has 0 spiro atoms. The lowest BCUT2D eigenvalue weighted by Gasteiger charge is -1.91. The largest absolute Gasteiger partial charge is 0.324 e. The summed E-state index contributed by atoms with van der Waals surface area (Å²) in [7, 11) is 0. The SMILES string of the molecule is NCC(=O)Cc1ccc(Cl)s1. The maximum Gasteiger partial charge on any atom is 0.151 e. The molecule has 0 unspecified atom stereocenters. The highest BCUT2D eigenvalue weighted by atomic mass is 35.5. The lowest BCUT2D eigenvalue weighted by atomic mass is 10.2. The zero-order chi connectivity index (χ0) is 8.27. The van der Waals surface area contributed by atoms with Gasteiger partial charge in [0.1, 0.15) is 0 Å². The third-order valence-corrected chi connectivity index (χ3v) is 2.46. The third-order valence-electron chi connectivity index (χ3n) is 1.23. The number of hydrogen-bond donors (Lipinski definition) is 1. The summed E-state index contributed by atoms with van der Waals surface area (Å²) in [6.45, 7) is 0.107. The molecule has 1 rings (SSSR count). The van der Waals surface area contributed by atoms with Gasteiger partial charge in [0.25, 0.3) is 0 Å². The van der Waals surface area contributed by atoms with E-state index in [-0.39, 0.29) is 12.3 Å². The average Bonchev–Trinajstić information content (AvgIpc) is 2.35. The maximum atomic E-state index is 10.8. The van der Waals surface area contributed by atoms with Gasteiger partial charge in [0.2, 0.25) is 0 Å². The monoisotopic (exact) mass is 189 g/mol. The molecule has 0 aliphatic heterocycles. The Hall–Kier alpha value is -0.380. The predicted octanol–water partition coefficient (Wildman–Crippen LogP) is 1.47. The average molecular weight is 190 g/mol. The van der Waals surface area contributed by atoms with Gasteiger partial charge in [0.15, 0.2) is 5.78 Å². The molecule has 4 heteroatoms. The van der Waals surface area contributed by atoms with Crippen molar-refractivity contribution in [2.45, 2.75) is 6.42 Å². The molecule has 1 heterocycles. The van der Waals surface area contributed by atoms with E-state index in [4.69, 9.17) is 17.3 Å². The van der Waals surface area contributed by atoms with Gasteiger partial charge in [0.05, 0.1) is 10.9 Å². The number of rotatable bonds is 3. The molecule has 0 amide bonds. The molecule has 11 heavy (non-hydrogen) atoms. The first-order valence-corrected chi connectivity index (χ1v) is 4.38. The molecule has 0 saturated heterocycles. The van der Waals surface area contributed by atoms with Gasteiger partial charge in [-0.25, -0.2) is 0 Å². The number of nitrogens with two attached hydrogens (primary N) is 1. The van der Waals surface area contributed by atoms with Crippen LogP contribution in [-0.4, -0.2) is 12.3 Å². The molecular weight excluding hydrogens is 182 g/mol. The van der Waals surface area contributed by atoms with Gasteiger partial charge >= 0.3 is 0 Å². The summed E-state index contributed by atoms with van der Waals surface area (Å²) in [5.74, 6) is 0.0449. The number of hydrogen-bond acceptors (Lipinski definition) is 3. The zero-order valence-corrected chi connectivity index (χ0v) is 7.41. The second-order valence-electron chi connectivity index (χ2n) is 2.13. The first kappa shape index (κ1) is 8.71. The van der Waals surface area contributed by atoms with Crippen LogP contribution in [0.2, 0.25) is 4.34 Å². The molecule has 0 atom stereocenters. The number of Topliss-reactive ketones (excluding diaryl/α,β-unsaturated/α-hetero) is 1. The van der Waals surface area contributed by atoms with Crippen LogP contribution in [0, 0.1) is 0 Å². The molecule has 0 bridgehead atoms. The first-order valence-electron chi connectivity index (χ1n) is 3.18. The summed E-state index contributed by atoms with van der Waals surface area (Å²) >= 11 is 7.08. The molecule has 0 radical (unpaired) electrons. The Morgan fingerprint density at radius 3 is 2.82 bits per heavy atom. The standard InChI is InChI=1S/C7H8ClNOS/c8-7-2-1-6(11-7)3-5(10)4-9/h1-2H,3-4,9H2. The fourth-order valence-corrected chi connectivity index (χ4v) is 1.83. The van der Waals surface area contributed by atoms with Crippen LogP contribution >= 0.6 is 22.9 Å². The molecule has 1 aromatic heterocycles. The van der Waals surface area contributed by atoms with Crippen LogP contribution in [-0.2, 0) is 11.2 Å².